The molecule has 2 fully saturated rings. The summed E-state index contributed by atoms with van der Waals surface area (Å²) >= 11 is 0. The molecule has 1 aliphatic carbocycles. The van der Waals surface area contributed by atoms with Gasteiger partial charge in [-0.05, 0) is 51.6 Å². The van der Waals surface area contributed by atoms with E-state index in [1.165, 1.54) is 0 Å². The van der Waals surface area contributed by atoms with Crippen molar-refractivity contribution in [1.82, 2.24) is 10.6 Å². The van der Waals surface area contributed by atoms with E-state index in [0.717, 1.165) is 51.6 Å². The summed E-state index contributed by atoms with van der Waals surface area (Å²) in [5.74, 6) is 0.489. The summed E-state index contributed by atoms with van der Waals surface area (Å²) in [5, 5.41) is 6.51. The minimum atomic E-state index is 0.219. The Balaban J connectivity index is 1.72. The van der Waals surface area contributed by atoms with Gasteiger partial charge in [-0.2, -0.15) is 0 Å². The van der Waals surface area contributed by atoms with E-state index in [9.17, 15) is 4.79 Å². The Morgan fingerprint density at radius 2 is 1.76 bits per heavy atom. The van der Waals surface area contributed by atoms with E-state index in [-0.39, 0.29) is 11.8 Å². The predicted octanol–water partition coefficient (Wildman–Crippen LogP) is 1.06. The Morgan fingerprint density at radius 1 is 1.12 bits per heavy atom. The first-order valence-electron chi connectivity index (χ1n) is 6.83. The molecule has 0 aromatic carbocycles. The van der Waals surface area contributed by atoms with Gasteiger partial charge >= 0.3 is 0 Å². The highest BCUT2D eigenvalue weighted by atomic mass is 16.5. The Kier molecular flexibility index (Phi) is 4.80. The van der Waals surface area contributed by atoms with Crippen LogP contribution >= 0.6 is 0 Å². The van der Waals surface area contributed by atoms with Crippen molar-refractivity contribution in [3.05, 3.63) is 0 Å². The molecule has 1 saturated heterocycles. The maximum atomic E-state index is 12.1. The lowest BCUT2D eigenvalue weighted by molar-refractivity contribution is -0.127. The number of piperidine rings is 1. The molecule has 2 aliphatic rings. The first-order valence-corrected chi connectivity index (χ1v) is 6.83. The van der Waals surface area contributed by atoms with Gasteiger partial charge in [-0.25, -0.2) is 0 Å². The summed E-state index contributed by atoms with van der Waals surface area (Å²) in [5.41, 5.74) is 0. The van der Waals surface area contributed by atoms with Crippen LogP contribution in [0.3, 0.4) is 0 Å². The smallest absolute Gasteiger partial charge is 0.223 e. The molecule has 0 unspecified atom stereocenters. The summed E-state index contributed by atoms with van der Waals surface area (Å²) < 4.78 is 5.33. The van der Waals surface area contributed by atoms with Crippen LogP contribution in [-0.4, -0.2) is 38.3 Å². The zero-order valence-corrected chi connectivity index (χ0v) is 10.7. The second kappa shape index (κ2) is 6.36. The van der Waals surface area contributed by atoms with Crippen LogP contribution in [0.4, 0.5) is 0 Å². The zero-order chi connectivity index (χ0) is 12.1. The van der Waals surface area contributed by atoms with Crippen LogP contribution in [0, 0.1) is 5.92 Å². The first kappa shape index (κ1) is 12.8. The SMILES string of the molecule is COC1CCC(C(=O)NC2CCNCC2)CC1. The predicted molar refractivity (Wildman–Crippen MR) is 66.8 cm³/mol. The van der Waals surface area contributed by atoms with Crippen molar-refractivity contribution in [2.75, 3.05) is 20.2 Å². The van der Waals surface area contributed by atoms with Gasteiger partial charge in [0.2, 0.25) is 5.91 Å². The van der Waals surface area contributed by atoms with Crippen molar-refractivity contribution in [1.29, 1.82) is 0 Å². The van der Waals surface area contributed by atoms with Gasteiger partial charge in [0, 0.05) is 19.1 Å². The van der Waals surface area contributed by atoms with Crippen molar-refractivity contribution in [3.8, 4) is 0 Å². The number of methoxy groups -OCH3 is 1. The summed E-state index contributed by atoms with van der Waals surface area (Å²) in [7, 11) is 1.76. The van der Waals surface area contributed by atoms with E-state index in [0.29, 0.717) is 12.1 Å². The highest BCUT2D eigenvalue weighted by Crippen LogP contribution is 2.26. The molecule has 17 heavy (non-hydrogen) atoms. The third-order valence-electron chi connectivity index (χ3n) is 4.06. The fourth-order valence-corrected chi connectivity index (χ4v) is 2.85. The average Bonchev–Trinajstić information content (AvgIpc) is 2.40. The van der Waals surface area contributed by atoms with E-state index in [1.54, 1.807) is 7.11 Å². The molecule has 2 N–H and O–H groups in total. The van der Waals surface area contributed by atoms with Gasteiger partial charge < -0.3 is 15.4 Å². The van der Waals surface area contributed by atoms with Gasteiger partial charge in [0.25, 0.3) is 0 Å². The molecule has 0 aromatic rings. The molecule has 0 bridgehead atoms. The lowest BCUT2D eigenvalue weighted by Crippen LogP contribution is -2.45. The molecule has 0 radical (unpaired) electrons. The van der Waals surface area contributed by atoms with Crippen LogP contribution < -0.4 is 10.6 Å². The van der Waals surface area contributed by atoms with Gasteiger partial charge in [-0.15, -0.1) is 0 Å². The van der Waals surface area contributed by atoms with E-state index in [1.807, 2.05) is 0 Å². The number of carbonyl (C=O) groups is 1. The van der Waals surface area contributed by atoms with Crippen molar-refractivity contribution in [2.45, 2.75) is 50.7 Å². The molecule has 0 aromatic heterocycles. The second-order valence-electron chi connectivity index (χ2n) is 5.24. The van der Waals surface area contributed by atoms with Crippen LogP contribution in [0.15, 0.2) is 0 Å². The first-order chi connectivity index (χ1) is 8.29. The molecule has 1 heterocycles. The normalized spacial score (nSPS) is 31.1. The van der Waals surface area contributed by atoms with Gasteiger partial charge in [0.15, 0.2) is 0 Å². The van der Waals surface area contributed by atoms with E-state index in [4.69, 9.17) is 4.74 Å². The van der Waals surface area contributed by atoms with Gasteiger partial charge in [0.05, 0.1) is 6.10 Å². The van der Waals surface area contributed by atoms with Crippen molar-refractivity contribution in [2.24, 2.45) is 5.92 Å². The molecule has 2 rings (SSSR count). The molecule has 0 atom stereocenters. The molecule has 4 heteroatoms. The second-order valence-corrected chi connectivity index (χ2v) is 5.24. The third kappa shape index (κ3) is 3.68. The average molecular weight is 240 g/mol. The molecule has 4 nitrogen and oxygen atoms in total. The Hall–Kier alpha value is -0.610. The maximum absolute atomic E-state index is 12.1. The number of rotatable bonds is 3. The Bertz CT molecular complexity index is 244. The number of ether oxygens (including phenoxy) is 1. The molecule has 1 amide bonds. The maximum Gasteiger partial charge on any atom is 0.223 e. The van der Waals surface area contributed by atoms with Gasteiger partial charge in [-0.1, -0.05) is 0 Å². The fourth-order valence-electron chi connectivity index (χ4n) is 2.85. The van der Waals surface area contributed by atoms with Crippen molar-refractivity contribution < 1.29 is 9.53 Å². The van der Waals surface area contributed by atoms with Crippen LogP contribution in [0.5, 0.6) is 0 Å². The third-order valence-corrected chi connectivity index (χ3v) is 4.06. The fraction of sp³-hybridized carbons (Fsp3) is 0.923. The molecular weight excluding hydrogens is 216 g/mol. The molecular formula is C13H24N2O2. The lowest BCUT2D eigenvalue weighted by atomic mass is 9.86. The van der Waals surface area contributed by atoms with Gasteiger partial charge in [-0.3, -0.25) is 4.79 Å². The lowest BCUT2D eigenvalue weighted by Gasteiger charge is -2.29. The zero-order valence-electron chi connectivity index (χ0n) is 10.7. The Labute approximate surface area is 103 Å². The van der Waals surface area contributed by atoms with E-state index in [2.05, 4.69) is 10.6 Å². The Morgan fingerprint density at radius 3 is 2.35 bits per heavy atom. The highest BCUT2D eigenvalue weighted by Gasteiger charge is 2.27. The summed E-state index contributed by atoms with van der Waals surface area (Å²) in [6, 6.07) is 0.392. The molecule has 1 aliphatic heterocycles. The topological polar surface area (TPSA) is 50.4 Å². The standard InChI is InChI=1S/C13H24N2O2/c1-17-12-4-2-10(3-5-12)13(16)15-11-6-8-14-9-7-11/h10-12,14H,2-9H2,1H3,(H,15,16). The van der Waals surface area contributed by atoms with Gasteiger partial charge in [0.1, 0.15) is 0 Å². The monoisotopic (exact) mass is 240 g/mol. The van der Waals surface area contributed by atoms with Crippen LogP contribution in [0.1, 0.15) is 38.5 Å². The number of amides is 1. The van der Waals surface area contributed by atoms with E-state index < -0.39 is 0 Å². The van der Waals surface area contributed by atoms with Crippen molar-refractivity contribution >= 4 is 5.91 Å². The van der Waals surface area contributed by atoms with Crippen molar-refractivity contribution in [3.63, 3.8) is 0 Å². The highest BCUT2D eigenvalue weighted by molar-refractivity contribution is 5.79. The van der Waals surface area contributed by atoms with Crippen LogP contribution in [0.2, 0.25) is 0 Å². The molecule has 1 saturated carbocycles. The van der Waals surface area contributed by atoms with Crippen LogP contribution in [-0.2, 0) is 9.53 Å². The number of nitrogens with one attached hydrogen (secondary N) is 2. The largest absolute Gasteiger partial charge is 0.381 e. The minimum absolute atomic E-state index is 0.219. The van der Waals surface area contributed by atoms with E-state index >= 15 is 0 Å². The molecule has 0 spiro atoms. The number of carbonyl (C=O) groups excluding carboxylic acids is 1. The molecule has 98 valence electrons. The summed E-state index contributed by atoms with van der Waals surface area (Å²) in [6.45, 7) is 2.06. The van der Waals surface area contributed by atoms with Crippen LogP contribution in [0.25, 0.3) is 0 Å². The summed E-state index contributed by atoms with van der Waals surface area (Å²) in [4.78, 5) is 12.1. The minimum Gasteiger partial charge on any atom is -0.381 e. The number of hydrogen-bond acceptors (Lipinski definition) is 3. The quantitative estimate of drug-likeness (QED) is 0.775. The number of hydrogen-bond donors (Lipinski definition) is 2. The summed E-state index contributed by atoms with van der Waals surface area (Å²) in [6.07, 6.45) is 6.53.